The Labute approximate surface area is 108 Å². The lowest BCUT2D eigenvalue weighted by atomic mass is 10.1. The fraction of sp³-hybridized carbons (Fsp3) is 0.250. The van der Waals surface area contributed by atoms with Gasteiger partial charge in [-0.3, -0.25) is 4.79 Å². The SMILES string of the molecule is CC(O)(O)CC(=O)OC(=O)c1ccc(C(=O)O)cc1. The molecule has 7 nitrogen and oxygen atoms in total. The maximum absolute atomic E-state index is 11.5. The first-order valence-electron chi connectivity index (χ1n) is 5.22. The van der Waals surface area contributed by atoms with Crippen LogP contribution in [0.5, 0.6) is 0 Å². The molecule has 7 heteroatoms. The van der Waals surface area contributed by atoms with Crippen molar-refractivity contribution in [2.45, 2.75) is 19.1 Å². The smallest absolute Gasteiger partial charge is 0.345 e. The first-order chi connectivity index (χ1) is 8.69. The van der Waals surface area contributed by atoms with E-state index in [2.05, 4.69) is 4.74 Å². The van der Waals surface area contributed by atoms with Crippen molar-refractivity contribution in [3.8, 4) is 0 Å². The van der Waals surface area contributed by atoms with Crippen LogP contribution in [0, 0.1) is 0 Å². The highest BCUT2D eigenvalue weighted by Crippen LogP contribution is 2.09. The monoisotopic (exact) mass is 268 g/mol. The lowest BCUT2D eigenvalue weighted by Gasteiger charge is -2.13. The number of benzene rings is 1. The van der Waals surface area contributed by atoms with Crippen LogP contribution in [-0.4, -0.2) is 39.0 Å². The van der Waals surface area contributed by atoms with Gasteiger partial charge in [0.05, 0.1) is 17.5 Å². The Balaban J connectivity index is 2.68. The van der Waals surface area contributed by atoms with Crippen LogP contribution < -0.4 is 0 Å². The average Bonchev–Trinajstić information content (AvgIpc) is 2.26. The number of rotatable bonds is 4. The van der Waals surface area contributed by atoms with E-state index >= 15 is 0 Å². The Morgan fingerprint density at radius 2 is 1.58 bits per heavy atom. The second-order valence-electron chi connectivity index (χ2n) is 4.04. The molecule has 0 unspecified atom stereocenters. The molecule has 0 heterocycles. The number of hydrogen-bond donors (Lipinski definition) is 3. The Hall–Kier alpha value is -2.25. The predicted molar refractivity (Wildman–Crippen MR) is 61.3 cm³/mol. The molecule has 0 saturated heterocycles. The first-order valence-corrected chi connectivity index (χ1v) is 5.22. The third-order valence-electron chi connectivity index (χ3n) is 2.05. The molecule has 0 aliphatic heterocycles. The van der Waals surface area contributed by atoms with Gasteiger partial charge < -0.3 is 20.1 Å². The summed E-state index contributed by atoms with van der Waals surface area (Å²) in [6.07, 6.45) is -0.758. The summed E-state index contributed by atoms with van der Waals surface area (Å²) in [6, 6.07) is 4.75. The van der Waals surface area contributed by atoms with Crippen molar-refractivity contribution in [2.24, 2.45) is 0 Å². The van der Waals surface area contributed by atoms with E-state index < -0.39 is 30.1 Å². The van der Waals surface area contributed by atoms with Gasteiger partial charge in [0.1, 0.15) is 0 Å². The fourth-order valence-corrected chi connectivity index (χ4v) is 1.22. The summed E-state index contributed by atoms with van der Waals surface area (Å²) in [7, 11) is 0. The van der Waals surface area contributed by atoms with Crippen LogP contribution >= 0.6 is 0 Å². The second kappa shape index (κ2) is 5.59. The van der Waals surface area contributed by atoms with Crippen molar-refractivity contribution in [3.63, 3.8) is 0 Å². The summed E-state index contributed by atoms with van der Waals surface area (Å²) >= 11 is 0. The quantitative estimate of drug-likeness (QED) is 0.404. The van der Waals surface area contributed by atoms with Gasteiger partial charge in [0.15, 0.2) is 5.79 Å². The summed E-state index contributed by atoms with van der Waals surface area (Å²) in [5.74, 6) is -5.50. The zero-order chi connectivity index (χ0) is 14.6. The molecule has 0 amide bonds. The van der Waals surface area contributed by atoms with Gasteiger partial charge in [-0.15, -0.1) is 0 Å². The van der Waals surface area contributed by atoms with Crippen LogP contribution in [0.25, 0.3) is 0 Å². The number of aromatic carboxylic acids is 1. The van der Waals surface area contributed by atoms with Crippen LogP contribution in [0.15, 0.2) is 24.3 Å². The van der Waals surface area contributed by atoms with E-state index in [0.717, 1.165) is 6.92 Å². The molecule has 0 saturated carbocycles. The molecule has 102 valence electrons. The number of carbonyl (C=O) groups excluding carboxylic acids is 2. The molecule has 0 spiro atoms. The highest BCUT2D eigenvalue weighted by Gasteiger charge is 2.23. The molecule has 0 radical (unpaired) electrons. The molecular formula is C12H12O7. The number of aliphatic hydroxyl groups is 2. The highest BCUT2D eigenvalue weighted by atomic mass is 16.6. The van der Waals surface area contributed by atoms with Crippen molar-refractivity contribution in [1.82, 2.24) is 0 Å². The van der Waals surface area contributed by atoms with Crippen molar-refractivity contribution < 1.29 is 34.4 Å². The van der Waals surface area contributed by atoms with Gasteiger partial charge in [-0.2, -0.15) is 0 Å². The van der Waals surface area contributed by atoms with Crippen molar-refractivity contribution in [3.05, 3.63) is 35.4 Å². The van der Waals surface area contributed by atoms with E-state index in [-0.39, 0.29) is 11.1 Å². The number of carboxylic acids is 1. The molecule has 1 rings (SSSR count). The number of carboxylic acid groups (broad SMARTS) is 1. The molecule has 0 aromatic heterocycles. The summed E-state index contributed by atoms with van der Waals surface area (Å²) < 4.78 is 4.37. The van der Waals surface area contributed by atoms with Crippen LogP contribution in [-0.2, 0) is 9.53 Å². The normalized spacial score (nSPS) is 10.9. The van der Waals surface area contributed by atoms with Gasteiger partial charge in [0.2, 0.25) is 0 Å². The highest BCUT2D eigenvalue weighted by molar-refractivity contribution is 5.97. The Morgan fingerprint density at radius 1 is 1.11 bits per heavy atom. The summed E-state index contributed by atoms with van der Waals surface area (Å²) in [6.45, 7) is 0.973. The largest absolute Gasteiger partial charge is 0.478 e. The Kier molecular flexibility index (Phi) is 4.36. The minimum Gasteiger partial charge on any atom is -0.478 e. The number of hydrogen-bond acceptors (Lipinski definition) is 6. The molecule has 0 atom stereocenters. The van der Waals surface area contributed by atoms with Crippen molar-refractivity contribution >= 4 is 17.9 Å². The fourth-order valence-electron chi connectivity index (χ4n) is 1.22. The van der Waals surface area contributed by atoms with Gasteiger partial charge in [0, 0.05) is 0 Å². The maximum Gasteiger partial charge on any atom is 0.345 e. The molecule has 0 aliphatic rings. The molecular weight excluding hydrogens is 256 g/mol. The minimum absolute atomic E-state index is 0.0128. The van der Waals surface area contributed by atoms with Gasteiger partial charge in [-0.1, -0.05) is 0 Å². The van der Waals surface area contributed by atoms with Crippen LogP contribution in [0.1, 0.15) is 34.1 Å². The zero-order valence-corrected chi connectivity index (χ0v) is 9.99. The van der Waals surface area contributed by atoms with Crippen molar-refractivity contribution in [2.75, 3.05) is 0 Å². The zero-order valence-electron chi connectivity index (χ0n) is 9.99. The average molecular weight is 268 g/mol. The summed E-state index contributed by atoms with van der Waals surface area (Å²) in [5, 5.41) is 26.6. The molecule has 19 heavy (non-hydrogen) atoms. The molecule has 1 aromatic rings. The van der Waals surface area contributed by atoms with Gasteiger partial charge >= 0.3 is 17.9 Å². The number of carbonyl (C=O) groups is 3. The third-order valence-corrected chi connectivity index (χ3v) is 2.05. The topological polar surface area (TPSA) is 121 Å². The van der Waals surface area contributed by atoms with Crippen LogP contribution in [0.4, 0.5) is 0 Å². The number of esters is 2. The van der Waals surface area contributed by atoms with Crippen LogP contribution in [0.2, 0.25) is 0 Å². The Bertz CT molecular complexity index is 496. The standard InChI is InChI=1S/C12H12O7/c1-12(17,18)6-9(13)19-11(16)8-4-2-7(3-5-8)10(14)15/h2-5,17-18H,6H2,1H3,(H,14,15). The van der Waals surface area contributed by atoms with E-state index in [0.29, 0.717) is 0 Å². The van der Waals surface area contributed by atoms with E-state index in [1.54, 1.807) is 0 Å². The molecule has 0 aliphatic carbocycles. The van der Waals surface area contributed by atoms with Gasteiger partial charge in [-0.25, -0.2) is 9.59 Å². The second-order valence-corrected chi connectivity index (χ2v) is 4.04. The summed E-state index contributed by atoms with van der Waals surface area (Å²) in [5.41, 5.74) is -0.0305. The van der Waals surface area contributed by atoms with Gasteiger partial charge in [-0.05, 0) is 31.2 Å². The summed E-state index contributed by atoms with van der Waals surface area (Å²) in [4.78, 5) is 33.2. The van der Waals surface area contributed by atoms with E-state index in [1.165, 1.54) is 24.3 Å². The maximum atomic E-state index is 11.5. The lowest BCUT2D eigenvalue weighted by molar-refractivity contribution is -0.172. The van der Waals surface area contributed by atoms with E-state index in [4.69, 9.17) is 15.3 Å². The molecule has 0 bridgehead atoms. The van der Waals surface area contributed by atoms with Crippen LogP contribution in [0.3, 0.4) is 0 Å². The van der Waals surface area contributed by atoms with Gasteiger partial charge in [0.25, 0.3) is 0 Å². The lowest BCUT2D eigenvalue weighted by Crippen LogP contribution is -2.29. The Morgan fingerprint density at radius 3 is 2.00 bits per heavy atom. The molecule has 1 aromatic carbocycles. The molecule has 3 N–H and O–H groups in total. The third kappa shape index (κ3) is 4.86. The van der Waals surface area contributed by atoms with Crippen molar-refractivity contribution in [1.29, 1.82) is 0 Å². The van der Waals surface area contributed by atoms with E-state index in [9.17, 15) is 14.4 Å². The minimum atomic E-state index is -2.26. The van der Waals surface area contributed by atoms with E-state index in [1.807, 2.05) is 0 Å². The first kappa shape index (κ1) is 14.8. The predicted octanol–water partition coefficient (Wildman–Crippen LogP) is 0.159. The number of ether oxygens (including phenoxy) is 1. The molecule has 0 fully saturated rings.